The summed E-state index contributed by atoms with van der Waals surface area (Å²) in [5.74, 6) is -0.0194. The standard InChI is InChI=1S/C19H19ClN6O/c1-11-6-21-19(20)24-17(11)14-5-16-18(27)26(13(3)7-25(16)8-14)9-15-4-12(2)22-10-23-15/h4-6,8,10,13H,7,9H2,1-3H3/t13-/m0/s1. The van der Waals surface area contributed by atoms with E-state index in [2.05, 4.69) is 19.9 Å². The van der Waals surface area contributed by atoms with Gasteiger partial charge in [-0.15, -0.1) is 0 Å². The molecule has 0 unspecified atom stereocenters. The summed E-state index contributed by atoms with van der Waals surface area (Å²) in [6, 6.07) is 3.83. The van der Waals surface area contributed by atoms with Gasteiger partial charge in [0.1, 0.15) is 12.0 Å². The van der Waals surface area contributed by atoms with Crippen LogP contribution in [-0.4, -0.2) is 41.4 Å². The average molecular weight is 383 g/mol. The van der Waals surface area contributed by atoms with Crippen LogP contribution in [0.15, 0.2) is 30.9 Å². The zero-order valence-electron chi connectivity index (χ0n) is 15.3. The Labute approximate surface area is 162 Å². The molecule has 0 aromatic carbocycles. The van der Waals surface area contributed by atoms with Crippen LogP contribution >= 0.6 is 11.6 Å². The molecule has 3 aromatic heterocycles. The lowest BCUT2D eigenvalue weighted by Crippen LogP contribution is -2.45. The molecule has 27 heavy (non-hydrogen) atoms. The van der Waals surface area contributed by atoms with Crippen molar-refractivity contribution < 1.29 is 4.79 Å². The van der Waals surface area contributed by atoms with Gasteiger partial charge < -0.3 is 9.47 Å². The normalized spacial score (nSPS) is 16.5. The Morgan fingerprint density at radius 2 is 2.04 bits per heavy atom. The second-order valence-electron chi connectivity index (χ2n) is 6.87. The van der Waals surface area contributed by atoms with Gasteiger partial charge in [0, 0.05) is 36.2 Å². The molecule has 0 saturated carbocycles. The number of rotatable bonds is 3. The van der Waals surface area contributed by atoms with E-state index in [4.69, 9.17) is 11.6 Å². The van der Waals surface area contributed by atoms with E-state index < -0.39 is 0 Å². The Balaban J connectivity index is 1.67. The molecule has 7 nitrogen and oxygen atoms in total. The fourth-order valence-corrected chi connectivity index (χ4v) is 3.55. The number of hydrogen-bond acceptors (Lipinski definition) is 5. The number of carbonyl (C=O) groups excluding carboxylic acids is 1. The van der Waals surface area contributed by atoms with Gasteiger partial charge in [-0.25, -0.2) is 19.9 Å². The van der Waals surface area contributed by atoms with Crippen molar-refractivity contribution in [2.75, 3.05) is 0 Å². The van der Waals surface area contributed by atoms with E-state index in [-0.39, 0.29) is 17.2 Å². The second kappa shape index (κ2) is 6.74. The van der Waals surface area contributed by atoms with Crippen molar-refractivity contribution in [3.63, 3.8) is 0 Å². The van der Waals surface area contributed by atoms with Crippen LogP contribution in [0.25, 0.3) is 11.3 Å². The van der Waals surface area contributed by atoms with E-state index in [0.29, 0.717) is 18.8 Å². The first-order chi connectivity index (χ1) is 12.9. The van der Waals surface area contributed by atoms with Crippen molar-refractivity contribution in [1.82, 2.24) is 29.4 Å². The molecule has 0 spiro atoms. The minimum atomic E-state index is -0.0194. The number of amides is 1. The minimum Gasteiger partial charge on any atom is -0.341 e. The molecule has 1 atom stereocenters. The molecule has 1 aliphatic heterocycles. The zero-order valence-corrected chi connectivity index (χ0v) is 16.1. The number of fused-ring (bicyclic) bond motifs is 1. The summed E-state index contributed by atoms with van der Waals surface area (Å²) >= 11 is 5.96. The highest BCUT2D eigenvalue weighted by atomic mass is 35.5. The third kappa shape index (κ3) is 3.30. The summed E-state index contributed by atoms with van der Waals surface area (Å²) in [6.45, 7) is 7.06. The number of nitrogens with zero attached hydrogens (tertiary/aromatic N) is 6. The van der Waals surface area contributed by atoms with Crippen LogP contribution in [0, 0.1) is 13.8 Å². The van der Waals surface area contributed by atoms with Crippen molar-refractivity contribution in [3.05, 3.63) is 58.8 Å². The molecule has 0 bridgehead atoms. The topological polar surface area (TPSA) is 76.8 Å². The van der Waals surface area contributed by atoms with E-state index in [1.165, 1.54) is 6.33 Å². The Kier molecular flexibility index (Phi) is 4.39. The highest BCUT2D eigenvalue weighted by Gasteiger charge is 2.31. The average Bonchev–Trinajstić information content (AvgIpc) is 3.04. The third-order valence-electron chi connectivity index (χ3n) is 4.78. The Morgan fingerprint density at radius 3 is 2.81 bits per heavy atom. The quantitative estimate of drug-likeness (QED) is 0.650. The molecule has 1 aliphatic rings. The van der Waals surface area contributed by atoms with Gasteiger partial charge in [0.15, 0.2) is 0 Å². The molecule has 4 heterocycles. The first-order valence-corrected chi connectivity index (χ1v) is 9.08. The lowest BCUT2D eigenvalue weighted by Gasteiger charge is -2.34. The molecule has 0 fully saturated rings. The van der Waals surface area contributed by atoms with Crippen molar-refractivity contribution >= 4 is 17.5 Å². The highest BCUT2D eigenvalue weighted by Crippen LogP contribution is 2.28. The van der Waals surface area contributed by atoms with Crippen molar-refractivity contribution in [2.45, 2.75) is 39.9 Å². The summed E-state index contributed by atoms with van der Waals surface area (Å²) in [5, 5.41) is 0.195. The van der Waals surface area contributed by atoms with Gasteiger partial charge in [0.2, 0.25) is 5.28 Å². The number of aryl methyl sites for hydroxylation is 2. The van der Waals surface area contributed by atoms with Crippen LogP contribution < -0.4 is 0 Å². The summed E-state index contributed by atoms with van der Waals surface area (Å²) in [5.41, 5.74) is 4.89. The van der Waals surface area contributed by atoms with E-state index in [1.54, 1.807) is 6.20 Å². The van der Waals surface area contributed by atoms with Gasteiger partial charge in [0.05, 0.1) is 17.9 Å². The van der Waals surface area contributed by atoms with Crippen LogP contribution in [-0.2, 0) is 13.1 Å². The summed E-state index contributed by atoms with van der Waals surface area (Å²) in [4.78, 5) is 31.7. The van der Waals surface area contributed by atoms with Gasteiger partial charge in [-0.2, -0.15) is 0 Å². The Hall–Kier alpha value is -2.80. The van der Waals surface area contributed by atoms with E-state index in [1.807, 2.05) is 48.6 Å². The molecular formula is C19H19ClN6O. The predicted molar refractivity (Wildman–Crippen MR) is 101 cm³/mol. The first kappa shape index (κ1) is 17.6. The fourth-order valence-electron chi connectivity index (χ4n) is 3.41. The fraction of sp³-hybridized carbons (Fsp3) is 0.316. The van der Waals surface area contributed by atoms with Crippen molar-refractivity contribution in [2.24, 2.45) is 0 Å². The number of aromatic nitrogens is 5. The molecule has 3 aromatic rings. The van der Waals surface area contributed by atoms with Gasteiger partial charge in [0.25, 0.3) is 5.91 Å². The van der Waals surface area contributed by atoms with E-state index >= 15 is 0 Å². The first-order valence-electron chi connectivity index (χ1n) is 8.70. The van der Waals surface area contributed by atoms with Crippen molar-refractivity contribution in [1.29, 1.82) is 0 Å². The largest absolute Gasteiger partial charge is 0.341 e. The smallest absolute Gasteiger partial charge is 0.271 e. The molecule has 1 amide bonds. The summed E-state index contributed by atoms with van der Waals surface area (Å²) in [7, 11) is 0. The summed E-state index contributed by atoms with van der Waals surface area (Å²) < 4.78 is 1.99. The maximum Gasteiger partial charge on any atom is 0.271 e. The minimum absolute atomic E-state index is 0.0194. The van der Waals surface area contributed by atoms with E-state index in [0.717, 1.165) is 28.2 Å². The SMILES string of the molecule is Cc1cc(CN2C(=O)c3cc(-c4nc(Cl)ncc4C)cn3C[C@@H]2C)ncn1. The maximum atomic E-state index is 13.1. The van der Waals surface area contributed by atoms with Crippen LogP contribution in [0.4, 0.5) is 0 Å². The van der Waals surface area contributed by atoms with Crippen LogP contribution in [0.3, 0.4) is 0 Å². The molecular weight excluding hydrogens is 364 g/mol. The molecule has 0 radical (unpaired) electrons. The van der Waals surface area contributed by atoms with Crippen LogP contribution in [0.2, 0.25) is 5.28 Å². The lowest BCUT2D eigenvalue weighted by atomic mass is 10.1. The van der Waals surface area contributed by atoms with E-state index in [9.17, 15) is 4.79 Å². The van der Waals surface area contributed by atoms with Gasteiger partial charge in [-0.3, -0.25) is 4.79 Å². The highest BCUT2D eigenvalue weighted by molar-refractivity contribution is 6.28. The van der Waals surface area contributed by atoms with Gasteiger partial charge in [-0.1, -0.05) is 0 Å². The number of carbonyl (C=O) groups is 1. The second-order valence-corrected chi connectivity index (χ2v) is 7.21. The van der Waals surface area contributed by atoms with Crippen molar-refractivity contribution in [3.8, 4) is 11.3 Å². The molecule has 8 heteroatoms. The lowest BCUT2D eigenvalue weighted by molar-refractivity contribution is 0.0592. The maximum absolute atomic E-state index is 13.1. The monoisotopic (exact) mass is 382 g/mol. The molecule has 0 N–H and O–H groups in total. The molecule has 0 aliphatic carbocycles. The Morgan fingerprint density at radius 1 is 1.22 bits per heavy atom. The van der Waals surface area contributed by atoms with Gasteiger partial charge in [-0.05, 0) is 50.1 Å². The number of hydrogen-bond donors (Lipinski definition) is 0. The van der Waals surface area contributed by atoms with Crippen LogP contribution in [0.1, 0.15) is 34.4 Å². The Bertz CT molecular complexity index is 1030. The number of halogens is 1. The zero-order chi connectivity index (χ0) is 19.1. The third-order valence-corrected chi connectivity index (χ3v) is 4.96. The predicted octanol–water partition coefficient (Wildman–Crippen LogP) is 3.05. The molecule has 138 valence electrons. The summed E-state index contributed by atoms with van der Waals surface area (Å²) in [6.07, 6.45) is 5.18. The molecule has 4 rings (SSSR count). The van der Waals surface area contributed by atoms with Crippen LogP contribution in [0.5, 0.6) is 0 Å². The van der Waals surface area contributed by atoms with Gasteiger partial charge >= 0.3 is 0 Å². The molecule has 0 saturated heterocycles.